The van der Waals surface area contributed by atoms with Crippen LogP contribution in [0, 0.1) is 3.57 Å². The molecule has 0 aliphatic rings. The van der Waals surface area contributed by atoms with Crippen molar-refractivity contribution in [3.05, 3.63) is 82.5 Å². The van der Waals surface area contributed by atoms with Crippen molar-refractivity contribution in [3.63, 3.8) is 0 Å². The predicted molar refractivity (Wildman–Crippen MR) is 119 cm³/mol. The molecule has 132 valence electrons. The molecule has 0 aliphatic heterocycles. The van der Waals surface area contributed by atoms with Crippen molar-refractivity contribution in [3.8, 4) is 5.75 Å². The van der Waals surface area contributed by atoms with E-state index in [1.165, 1.54) is 0 Å². The molecule has 0 saturated carbocycles. The highest BCUT2D eigenvalue weighted by atomic mass is 127. The maximum atomic E-state index is 10.2. The molecule has 0 radical (unpaired) electrons. The van der Waals surface area contributed by atoms with Crippen molar-refractivity contribution in [2.75, 3.05) is 11.4 Å². The Hall–Kier alpha value is -1.99. The normalized spacial score (nSPS) is 10.6. The second-order valence-electron chi connectivity index (χ2n) is 6.10. The van der Waals surface area contributed by atoms with Gasteiger partial charge in [-0.15, -0.1) is 6.58 Å². The number of hydrogen-bond donors (Lipinski definition) is 1. The summed E-state index contributed by atoms with van der Waals surface area (Å²) in [6.07, 6.45) is 1.79. The van der Waals surface area contributed by atoms with E-state index in [0.717, 1.165) is 31.3 Å². The van der Waals surface area contributed by atoms with Gasteiger partial charge in [-0.25, -0.2) is 0 Å². The van der Waals surface area contributed by atoms with Crippen LogP contribution in [0.2, 0.25) is 6.82 Å². The van der Waals surface area contributed by atoms with E-state index in [0.29, 0.717) is 13.2 Å². The number of hydrogen-bond acceptors (Lipinski definition) is 3. The van der Waals surface area contributed by atoms with Crippen LogP contribution in [0.15, 0.2) is 73.3 Å². The number of halogens is 1. The molecule has 0 bridgehead atoms. The number of anilines is 1. The highest BCUT2D eigenvalue weighted by Crippen LogP contribution is 2.37. The molecule has 1 N–H and O–H groups in total. The second-order valence-corrected chi connectivity index (χ2v) is 7.18. The number of rotatable bonds is 7. The minimum absolute atomic E-state index is 0.501. The SMILES string of the molecule is C=CCN(B(C)O)c1cc(OCc2ccccc2)c2ccccc2c1I. The van der Waals surface area contributed by atoms with E-state index < -0.39 is 7.05 Å². The number of benzene rings is 3. The molecular weight excluding hydrogens is 436 g/mol. The van der Waals surface area contributed by atoms with Crippen LogP contribution in [-0.2, 0) is 6.61 Å². The Morgan fingerprint density at radius 3 is 2.42 bits per heavy atom. The van der Waals surface area contributed by atoms with E-state index in [-0.39, 0.29) is 0 Å². The van der Waals surface area contributed by atoms with Gasteiger partial charge in [-0.3, -0.25) is 0 Å². The molecule has 0 amide bonds. The zero-order chi connectivity index (χ0) is 18.5. The van der Waals surface area contributed by atoms with Crippen LogP contribution in [-0.4, -0.2) is 18.6 Å². The lowest BCUT2D eigenvalue weighted by Gasteiger charge is -2.27. The van der Waals surface area contributed by atoms with Crippen LogP contribution >= 0.6 is 22.6 Å². The van der Waals surface area contributed by atoms with E-state index in [2.05, 4.69) is 53.4 Å². The Bertz CT molecular complexity index is 899. The van der Waals surface area contributed by atoms with Gasteiger partial charge >= 0.3 is 7.05 Å². The smallest absolute Gasteiger partial charge is 0.409 e. The van der Waals surface area contributed by atoms with Gasteiger partial charge < -0.3 is 14.6 Å². The zero-order valence-corrected chi connectivity index (χ0v) is 16.9. The van der Waals surface area contributed by atoms with Gasteiger partial charge in [0.2, 0.25) is 0 Å². The molecule has 0 saturated heterocycles. The molecule has 3 aromatic rings. The van der Waals surface area contributed by atoms with Crippen LogP contribution in [0.25, 0.3) is 10.8 Å². The molecule has 3 nitrogen and oxygen atoms in total. The van der Waals surface area contributed by atoms with Crippen molar-refractivity contribution < 1.29 is 9.76 Å². The molecule has 0 unspecified atom stereocenters. The molecular formula is C21H21BINO2. The minimum Gasteiger partial charge on any atom is -0.488 e. The van der Waals surface area contributed by atoms with Gasteiger partial charge in [0.15, 0.2) is 0 Å². The summed E-state index contributed by atoms with van der Waals surface area (Å²) in [6.45, 7) is 6.64. The van der Waals surface area contributed by atoms with Gasteiger partial charge in [-0.2, -0.15) is 0 Å². The lowest BCUT2D eigenvalue weighted by atomic mass is 9.84. The summed E-state index contributed by atoms with van der Waals surface area (Å²) in [5.41, 5.74) is 2.07. The molecule has 0 aromatic heterocycles. The van der Waals surface area contributed by atoms with Crippen molar-refractivity contribution in [1.29, 1.82) is 0 Å². The van der Waals surface area contributed by atoms with E-state index in [1.54, 1.807) is 12.9 Å². The van der Waals surface area contributed by atoms with E-state index >= 15 is 0 Å². The number of nitrogens with zero attached hydrogens (tertiary/aromatic N) is 1. The van der Waals surface area contributed by atoms with Gasteiger partial charge in [-0.05, 0) is 35.0 Å². The van der Waals surface area contributed by atoms with Crippen LogP contribution in [0.5, 0.6) is 5.75 Å². The Morgan fingerprint density at radius 2 is 1.77 bits per heavy atom. The van der Waals surface area contributed by atoms with E-state index in [4.69, 9.17) is 4.74 Å². The second kappa shape index (κ2) is 8.60. The summed E-state index contributed by atoms with van der Waals surface area (Å²) < 4.78 is 7.26. The maximum Gasteiger partial charge on any atom is 0.409 e. The van der Waals surface area contributed by atoms with Crippen molar-refractivity contribution in [1.82, 2.24) is 0 Å². The Kier molecular flexibility index (Phi) is 6.22. The monoisotopic (exact) mass is 457 g/mol. The number of fused-ring (bicyclic) bond motifs is 1. The molecule has 3 aromatic carbocycles. The van der Waals surface area contributed by atoms with Crippen molar-refractivity contribution in [2.45, 2.75) is 13.4 Å². The van der Waals surface area contributed by atoms with E-state index in [1.807, 2.05) is 41.2 Å². The third-order valence-corrected chi connectivity index (χ3v) is 5.38. The molecule has 3 rings (SSSR count). The fourth-order valence-corrected chi connectivity index (χ4v) is 3.88. The fraction of sp³-hybridized carbons (Fsp3) is 0.143. The average molecular weight is 457 g/mol. The predicted octanol–water partition coefficient (Wildman–Crippen LogP) is 5.13. The summed E-state index contributed by atoms with van der Waals surface area (Å²) in [7, 11) is -0.621. The first-order chi connectivity index (χ1) is 12.6. The average Bonchev–Trinajstić information content (AvgIpc) is 2.67. The lowest BCUT2D eigenvalue weighted by molar-refractivity contribution is 0.310. The summed E-state index contributed by atoms with van der Waals surface area (Å²) in [4.78, 5) is 1.91. The third kappa shape index (κ3) is 4.05. The largest absolute Gasteiger partial charge is 0.488 e. The van der Waals surface area contributed by atoms with Gasteiger partial charge in [-0.1, -0.05) is 60.7 Å². The molecule has 0 spiro atoms. The summed E-state index contributed by atoms with van der Waals surface area (Å²) in [5, 5.41) is 12.4. The number of ether oxygens (including phenoxy) is 1. The van der Waals surface area contributed by atoms with E-state index in [9.17, 15) is 5.02 Å². The standard InChI is InChI=1S/C21H21BINO2/c1-3-13-24(22(2)25)19-14-20(26-15-16-9-5-4-6-10-16)17-11-7-8-12-18(17)21(19)23/h3-12,14,25H,1,13,15H2,2H3. The third-order valence-electron chi connectivity index (χ3n) is 4.25. The van der Waals surface area contributed by atoms with Gasteiger partial charge in [0.05, 0.1) is 0 Å². The van der Waals surface area contributed by atoms with Crippen LogP contribution in [0.3, 0.4) is 0 Å². The van der Waals surface area contributed by atoms with Crippen molar-refractivity contribution >= 4 is 46.1 Å². The summed E-state index contributed by atoms with van der Waals surface area (Å²) in [6, 6.07) is 20.3. The quantitative estimate of drug-likeness (QED) is 0.304. The lowest BCUT2D eigenvalue weighted by Crippen LogP contribution is -2.37. The minimum atomic E-state index is -0.621. The van der Waals surface area contributed by atoms with Crippen LogP contribution in [0.4, 0.5) is 5.69 Å². The topological polar surface area (TPSA) is 32.7 Å². The van der Waals surface area contributed by atoms with Crippen LogP contribution < -0.4 is 9.55 Å². The Morgan fingerprint density at radius 1 is 1.12 bits per heavy atom. The molecule has 0 heterocycles. The molecule has 0 aliphatic carbocycles. The van der Waals surface area contributed by atoms with Gasteiger partial charge in [0.1, 0.15) is 12.4 Å². The Balaban J connectivity index is 2.06. The highest BCUT2D eigenvalue weighted by Gasteiger charge is 2.21. The first kappa shape index (κ1) is 18.8. The van der Waals surface area contributed by atoms with Crippen molar-refractivity contribution in [2.24, 2.45) is 0 Å². The highest BCUT2D eigenvalue weighted by molar-refractivity contribution is 14.1. The molecule has 26 heavy (non-hydrogen) atoms. The Labute approximate surface area is 168 Å². The molecule has 5 heteroatoms. The summed E-state index contributed by atoms with van der Waals surface area (Å²) in [5.74, 6) is 0.814. The summed E-state index contributed by atoms with van der Waals surface area (Å²) >= 11 is 2.34. The molecule has 0 fully saturated rings. The van der Waals surface area contributed by atoms with Gasteiger partial charge in [0.25, 0.3) is 0 Å². The van der Waals surface area contributed by atoms with Crippen LogP contribution in [0.1, 0.15) is 5.56 Å². The van der Waals surface area contributed by atoms with Gasteiger partial charge in [0, 0.05) is 32.6 Å². The first-order valence-electron chi connectivity index (χ1n) is 8.55. The maximum absolute atomic E-state index is 10.2. The first-order valence-corrected chi connectivity index (χ1v) is 9.63. The fourth-order valence-electron chi connectivity index (χ4n) is 2.95. The molecule has 0 atom stereocenters. The zero-order valence-electron chi connectivity index (χ0n) is 14.7.